The molecule has 0 saturated carbocycles. The minimum atomic E-state index is -0.901. The van der Waals surface area contributed by atoms with Crippen molar-refractivity contribution in [2.45, 2.75) is 51.0 Å². The second kappa shape index (κ2) is 6.80. The molecule has 0 radical (unpaired) electrons. The van der Waals surface area contributed by atoms with Gasteiger partial charge in [0.05, 0.1) is 18.8 Å². The number of amides is 1. The van der Waals surface area contributed by atoms with E-state index in [0.717, 1.165) is 18.2 Å². The van der Waals surface area contributed by atoms with Crippen LogP contribution in [0.3, 0.4) is 0 Å². The Bertz CT molecular complexity index is 574. The first-order valence-electron chi connectivity index (χ1n) is 7.40. The highest BCUT2D eigenvalue weighted by Crippen LogP contribution is 2.31. The lowest BCUT2D eigenvalue weighted by Gasteiger charge is -2.35. The van der Waals surface area contributed by atoms with Crippen molar-refractivity contribution in [2.24, 2.45) is 0 Å². The summed E-state index contributed by atoms with van der Waals surface area (Å²) in [7, 11) is 0. The van der Waals surface area contributed by atoms with Crippen LogP contribution in [0.4, 0.5) is 13.6 Å². The molecule has 5 nitrogen and oxygen atoms in total. The number of aliphatic hydroxyl groups is 1. The zero-order chi connectivity index (χ0) is 17.2. The number of alkyl carbamates (subject to hydrolysis) is 1. The van der Waals surface area contributed by atoms with Gasteiger partial charge in [-0.1, -0.05) is 0 Å². The van der Waals surface area contributed by atoms with Gasteiger partial charge in [-0.15, -0.1) is 0 Å². The molecular formula is C16H21F2NO4. The summed E-state index contributed by atoms with van der Waals surface area (Å²) < 4.78 is 38.0. The predicted octanol–water partition coefficient (Wildman–Crippen LogP) is 2.68. The Labute approximate surface area is 133 Å². The second-order valence-electron chi connectivity index (χ2n) is 6.56. The molecule has 1 aromatic carbocycles. The molecule has 7 heteroatoms. The summed E-state index contributed by atoms with van der Waals surface area (Å²) in [4.78, 5) is 11.9. The normalized spacial score (nSPS) is 25.0. The first-order chi connectivity index (χ1) is 10.7. The Morgan fingerprint density at radius 2 is 2.09 bits per heavy atom. The van der Waals surface area contributed by atoms with Gasteiger partial charge in [-0.05, 0) is 45.4 Å². The monoisotopic (exact) mass is 329 g/mol. The molecule has 1 aliphatic rings. The summed E-state index contributed by atoms with van der Waals surface area (Å²) in [6, 6.07) is 2.31. The second-order valence-corrected chi connectivity index (χ2v) is 6.56. The molecule has 1 unspecified atom stereocenters. The first kappa shape index (κ1) is 17.6. The minimum Gasteiger partial charge on any atom is -0.444 e. The zero-order valence-corrected chi connectivity index (χ0v) is 13.3. The van der Waals surface area contributed by atoms with Crippen molar-refractivity contribution in [1.29, 1.82) is 0 Å². The van der Waals surface area contributed by atoms with Crippen molar-refractivity contribution in [3.05, 3.63) is 35.4 Å². The van der Waals surface area contributed by atoms with E-state index in [4.69, 9.17) is 9.47 Å². The number of hydrogen-bond acceptors (Lipinski definition) is 4. The molecule has 2 N–H and O–H groups in total. The quantitative estimate of drug-likeness (QED) is 0.875. The van der Waals surface area contributed by atoms with Crippen molar-refractivity contribution in [3.8, 4) is 0 Å². The Hall–Kier alpha value is -1.73. The highest BCUT2D eigenvalue weighted by molar-refractivity contribution is 5.68. The van der Waals surface area contributed by atoms with Gasteiger partial charge in [0.15, 0.2) is 0 Å². The highest BCUT2D eigenvalue weighted by Gasteiger charge is 2.35. The topological polar surface area (TPSA) is 67.8 Å². The van der Waals surface area contributed by atoms with Crippen molar-refractivity contribution in [1.82, 2.24) is 5.32 Å². The standard InChI is InChI=1S/C16H21F2NO4/c1-16(2,3)23-15(21)19-13-7-10(20)8-22-14(13)11-6-9(17)4-5-12(11)18/h4-6,10,13-14,20H,7-8H2,1-3H3,(H,19,21)/t10?,13-,14-/m1/s1. The number of aliphatic hydroxyl groups excluding tert-OH is 1. The van der Waals surface area contributed by atoms with Crippen LogP contribution in [0.5, 0.6) is 0 Å². The number of benzene rings is 1. The van der Waals surface area contributed by atoms with E-state index in [1.54, 1.807) is 20.8 Å². The highest BCUT2D eigenvalue weighted by atomic mass is 19.1. The minimum absolute atomic E-state index is 0.00189. The molecule has 1 saturated heterocycles. The van der Waals surface area contributed by atoms with Gasteiger partial charge < -0.3 is 19.9 Å². The van der Waals surface area contributed by atoms with Crippen LogP contribution < -0.4 is 5.32 Å². The smallest absolute Gasteiger partial charge is 0.407 e. The summed E-state index contributed by atoms with van der Waals surface area (Å²) in [5.41, 5.74) is -0.698. The molecule has 0 spiro atoms. The zero-order valence-electron chi connectivity index (χ0n) is 13.3. The first-order valence-corrected chi connectivity index (χ1v) is 7.40. The summed E-state index contributed by atoms with van der Waals surface area (Å²) in [5.74, 6) is -1.24. The summed E-state index contributed by atoms with van der Waals surface area (Å²) >= 11 is 0. The number of nitrogens with one attached hydrogen (secondary N) is 1. The number of hydrogen-bond donors (Lipinski definition) is 2. The van der Waals surface area contributed by atoms with Crippen LogP contribution in [-0.4, -0.2) is 35.6 Å². The Morgan fingerprint density at radius 1 is 1.39 bits per heavy atom. The SMILES string of the molecule is CC(C)(C)OC(=O)N[C@@H]1CC(O)CO[C@@H]1c1cc(F)ccc1F. The van der Waals surface area contributed by atoms with E-state index >= 15 is 0 Å². The van der Waals surface area contributed by atoms with Gasteiger partial charge in [-0.3, -0.25) is 0 Å². The predicted molar refractivity (Wildman–Crippen MR) is 78.8 cm³/mol. The van der Waals surface area contributed by atoms with Crippen molar-refractivity contribution < 1.29 is 28.2 Å². The molecule has 128 valence electrons. The maximum atomic E-state index is 14.0. The van der Waals surface area contributed by atoms with Crippen LogP contribution in [-0.2, 0) is 9.47 Å². The van der Waals surface area contributed by atoms with E-state index in [1.807, 2.05) is 0 Å². The van der Waals surface area contributed by atoms with Crippen molar-refractivity contribution >= 4 is 6.09 Å². The van der Waals surface area contributed by atoms with Crippen LogP contribution in [0.2, 0.25) is 0 Å². The van der Waals surface area contributed by atoms with Crippen LogP contribution in [0.1, 0.15) is 38.9 Å². The molecule has 1 amide bonds. The molecule has 1 fully saturated rings. The van der Waals surface area contributed by atoms with E-state index in [9.17, 15) is 18.7 Å². The third kappa shape index (κ3) is 4.87. The lowest BCUT2D eigenvalue weighted by atomic mass is 9.94. The summed E-state index contributed by atoms with van der Waals surface area (Å²) in [6.07, 6.45) is -2.26. The van der Waals surface area contributed by atoms with Crippen LogP contribution in [0.15, 0.2) is 18.2 Å². The maximum Gasteiger partial charge on any atom is 0.407 e. The Kier molecular flexibility index (Phi) is 5.21. The maximum absolute atomic E-state index is 14.0. The fraction of sp³-hybridized carbons (Fsp3) is 0.562. The number of carbonyl (C=O) groups is 1. The molecule has 3 atom stereocenters. The van der Waals surface area contributed by atoms with Gasteiger partial charge in [0.2, 0.25) is 0 Å². The summed E-state index contributed by atoms with van der Waals surface area (Å²) in [5, 5.41) is 12.3. The third-order valence-corrected chi connectivity index (χ3v) is 3.33. The molecular weight excluding hydrogens is 308 g/mol. The van der Waals surface area contributed by atoms with E-state index in [1.165, 1.54) is 0 Å². The Balaban J connectivity index is 2.19. The number of rotatable bonds is 2. The van der Waals surface area contributed by atoms with E-state index in [0.29, 0.717) is 0 Å². The molecule has 0 aliphatic carbocycles. The van der Waals surface area contributed by atoms with Crippen LogP contribution >= 0.6 is 0 Å². The molecule has 1 aliphatic heterocycles. The third-order valence-electron chi connectivity index (χ3n) is 3.33. The fourth-order valence-corrected chi connectivity index (χ4v) is 2.45. The molecule has 2 rings (SSSR count). The molecule has 1 heterocycles. The van der Waals surface area contributed by atoms with Crippen molar-refractivity contribution in [2.75, 3.05) is 6.61 Å². The number of halogens is 2. The van der Waals surface area contributed by atoms with Crippen LogP contribution in [0.25, 0.3) is 0 Å². The molecule has 23 heavy (non-hydrogen) atoms. The number of ether oxygens (including phenoxy) is 2. The van der Waals surface area contributed by atoms with Gasteiger partial charge in [0, 0.05) is 5.56 Å². The molecule has 1 aromatic rings. The Morgan fingerprint density at radius 3 is 2.74 bits per heavy atom. The molecule has 0 bridgehead atoms. The average molecular weight is 329 g/mol. The van der Waals surface area contributed by atoms with E-state index in [-0.39, 0.29) is 18.6 Å². The lowest BCUT2D eigenvalue weighted by Crippen LogP contribution is -2.48. The van der Waals surface area contributed by atoms with E-state index < -0.39 is 41.6 Å². The van der Waals surface area contributed by atoms with Gasteiger partial charge in [0.25, 0.3) is 0 Å². The van der Waals surface area contributed by atoms with Gasteiger partial charge in [-0.2, -0.15) is 0 Å². The van der Waals surface area contributed by atoms with Gasteiger partial charge >= 0.3 is 6.09 Å². The average Bonchev–Trinajstić information content (AvgIpc) is 2.40. The van der Waals surface area contributed by atoms with Gasteiger partial charge in [-0.25, -0.2) is 13.6 Å². The lowest BCUT2D eigenvalue weighted by molar-refractivity contribution is -0.0779. The van der Waals surface area contributed by atoms with Crippen molar-refractivity contribution in [3.63, 3.8) is 0 Å². The van der Waals surface area contributed by atoms with Gasteiger partial charge in [0.1, 0.15) is 23.3 Å². The number of carbonyl (C=O) groups excluding carboxylic acids is 1. The van der Waals surface area contributed by atoms with E-state index in [2.05, 4.69) is 5.32 Å². The summed E-state index contributed by atoms with van der Waals surface area (Å²) in [6.45, 7) is 5.11. The molecule has 0 aromatic heterocycles. The van der Waals surface area contributed by atoms with Crippen LogP contribution in [0, 0.1) is 11.6 Å². The largest absolute Gasteiger partial charge is 0.444 e. The fourth-order valence-electron chi connectivity index (χ4n) is 2.45.